The largest absolute Gasteiger partial charge is 0.507 e. The van der Waals surface area contributed by atoms with E-state index >= 15 is 0 Å². The molecule has 1 saturated heterocycles. The van der Waals surface area contributed by atoms with Crippen molar-refractivity contribution < 1.29 is 19.1 Å². The molecular formula is C22H26N2O4. The zero-order valence-electron chi connectivity index (χ0n) is 16.9. The first kappa shape index (κ1) is 19.9. The summed E-state index contributed by atoms with van der Waals surface area (Å²) in [5, 5.41) is 11.1. The number of benzene rings is 1. The molecule has 1 aliphatic heterocycles. The van der Waals surface area contributed by atoms with E-state index in [4.69, 9.17) is 4.42 Å². The predicted octanol–water partition coefficient (Wildman–Crippen LogP) is 3.19. The fourth-order valence-electron chi connectivity index (χ4n) is 3.45. The SMILES string of the molecule is Cc1ccc(C)c(C(O)=C2C(=O)C(=O)N(CCN(C)C)[C@H]2c2ccc(C)o2)c1. The van der Waals surface area contributed by atoms with Gasteiger partial charge in [-0.3, -0.25) is 9.59 Å². The number of aliphatic hydroxyl groups excluding tert-OH is 1. The molecule has 6 nitrogen and oxygen atoms in total. The maximum atomic E-state index is 12.9. The summed E-state index contributed by atoms with van der Waals surface area (Å²) >= 11 is 0. The molecule has 0 aliphatic carbocycles. The zero-order chi connectivity index (χ0) is 20.6. The first-order chi connectivity index (χ1) is 13.2. The van der Waals surface area contributed by atoms with Crippen molar-refractivity contribution in [3.8, 4) is 0 Å². The summed E-state index contributed by atoms with van der Waals surface area (Å²) in [6.45, 7) is 6.53. The van der Waals surface area contributed by atoms with Gasteiger partial charge in [0, 0.05) is 18.7 Å². The predicted molar refractivity (Wildman–Crippen MR) is 107 cm³/mol. The number of amides is 1. The number of aryl methyl sites for hydroxylation is 3. The van der Waals surface area contributed by atoms with Gasteiger partial charge in [0.1, 0.15) is 23.3 Å². The molecule has 1 amide bonds. The number of Topliss-reactive ketones (excluding diaryl/α,β-unsaturated/α-hetero) is 1. The van der Waals surface area contributed by atoms with Gasteiger partial charge in [0.25, 0.3) is 11.7 Å². The lowest BCUT2D eigenvalue weighted by Gasteiger charge is -2.24. The van der Waals surface area contributed by atoms with Gasteiger partial charge in [0.15, 0.2) is 0 Å². The Hall–Kier alpha value is -2.86. The van der Waals surface area contributed by atoms with E-state index in [2.05, 4.69) is 0 Å². The minimum atomic E-state index is -0.742. The van der Waals surface area contributed by atoms with Gasteiger partial charge in [-0.05, 0) is 58.6 Å². The maximum Gasteiger partial charge on any atom is 0.295 e. The second-order valence-corrected chi connectivity index (χ2v) is 7.56. The highest BCUT2D eigenvalue weighted by Crippen LogP contribution is 2.40. The van der Waals surface area contributed by atoms with Crippen LogP contribution in [0.25, 0.3) is 5.76 Å². The Morgan fingerprint density at radius 2 is 1.86 bits per heavy atom. The van der Waals surface area contributed by atoms with Crippen LogP contribution >= 0.6 is 0 Å². The molecule has 1 aromatic carbocycles. The smallest absolute Gasteiger partial charge is 0.295 e. The highest BCUT2D eigenvalue weighted by Gasteiger charge is 2.47. The molecule has 0 bridgehead atoms. The van der Waals surface area contributed by atoms with E-state index in [9.17, 15) is 14.7 Å². The van der Waals surface area contributed by atoms with Crippen LogP contribution in [0, 0.1) is 20.8 Å². The van der Waals surface area contributed by atoms with E-state index in [1.54, 1.807) is 19.1 Å². The maximum absolute atomic E-state index is 12.9. The molecule has 0 radical (unpaired) electrons. The van der Waals surface area contributed by atoms with Crippen molar-refractivity contribution in [1.82, 2.24) is 9.80 Å². The van der Waals surface area contributed by atoms with Gasteiger partial charge in [-0.1, -0.05) is 17.7 Å². The number of carbonyl (C=O) groups is 2. The van der Waals surface area contributed by atoms with E-state index in [0.717, 1.165) is 11.1 Å². The van der Waals surface area contributed by atoms with Gasteiger partial charge in [0.2, 0.25) is 0 Å². The molecular weight excluding hydrogens is 356 g/mol. The molecule has 3 rings (SSSR count). The molecule has 28 heavy (non-hydrogen) atoms. The van der Waals surface area contributed by atoms with Crippen LogP contribution in [0.15, 0.2) is 40.3 Å². The average Bonchev–Trinajstić information content (AvgIpc) is 3.16. The number of likely N-dealkylation sites (N-methyl/N-ethyl adjacent to an activating group) is 1. The third-order valence-corrected chi connectivity index (χ3v) is 5.01. The number of ketones is 1. The Kier molecular flexibility index (Phi) is 5.42. The number of rotatable bonds is 5. The lowest BCUT2D eigenvalue weighted by molar-refractivity contribution is -0.140. The molecule has 0 unspecified atom stereocenters. The van der Waals surface area contributed by atoms with Gasteiger partial charge in [-0.2, -0.15) is 0 Å². The minimum absolute atomic E-state index is 0.0757. The molecule has 2 heterocycles. The van der Waals surface area contributed by atoms with Crippen molar-refractivity contribution in [2.45, 2.75) is 26.8 Å². The summed E-state index contributed by atoms with van der Waals surface area (Å²) in [6.07, 6.45) is 0. The van der Waals surface area contributed by atoms with E-state index in [-0.39, 0.29) is 11.3 Å². The van der Waals surface area contributed by atoms with Crippen molar-refractivity contribution in [1.29, 1.82) is 0 Å². The fraction of sp³-hybridized carbons (Fsp3) is 0.364. The monoisotopic (exact) mass is 382 g/mol. The van der Waals surface area contributed by atoms with Gasteiger partial charge in [0.05, 0.1) is 5.57 Å². The summed E-state index contributed by atoms with van der Waals surface area (Å²) in [6, 6.07) is 8.45. The van der Waals surface area contributed by atoms with E-state index in [0.29, 0.717) is 30.2 Å². The number of carbonyl (C=O) groups excluding carboxylic acids is 2. The van der Waals surface area contributed by atoms with Crippen molar-refractivity contribution in [2.24, 2.45) is 0 Å². The van der Waals surface area contributed by atoms with Crippen LogP contribution in [0.2, 0.25) is 0 Å². The third-order valence-electron chi connectivity index (χ3n) is 5.01. The summed E-state index contributed by atoms with van der Waals surface area (Å²) in [4.78, 5) is 29.1. The Bertz CT molecular complexity index is 955. The summed E-state index contributed by atoms with van der Waals surface area (Å²) in [7, 11) is 3.80. The molecule has 148 valence electrons. The van der Waals surface area contributed by atoms with Crippen LogP contribution in [0.4, 0.5) is 0 Å². The first-order valence-corrected chi connectivity index (χ1v) is 9.27. The van der Waals surface area contributed by atoms with Gasteiger partial charge < -0.3 is 19.3 Å². The second kappa shape index (κ2) is 7.64. The first-order valence-electron chi connectivity index (χ1n) is 9.27. The quantitative estimate of drug-likeness (QED) is 0.488. The number of likely N-dealkylation sites (tertiary alicyclic amines) is 1. The average molecular weight is 382 g/mol. The number of nitrogens with zero attached hydrogens (tertiary/aromatic N) is 2. The third kappa shape index (κ3) is 3.60. The van der Waals surface area contributed by atoms with Crippen molar-refractivity contribution in [3.63, 3.8) is 0 Å². The molecule has 2 aromatic rings. The lowest BCUT2D eigenvalue weighted by atomic mass is 9.96. The Morgan fingerprint density at radius 3 is 2.46 bits per heavy atom. The molecule has 1 aliphatic rings. The molecule has 1 atom stereocenters. The molecule has 1 fully saturated rings. The van der Waals surface area contributed by atoms with Crippen LogP contribution in [-0.4, -0.2) is 53.8 Å². The summed E-state index contributed by atoms with van der Waals surface area (Å²) < 4.78 is 5.77. The normalized spacial score (nSPS) is 19.1. The number of aliphatic hydroxyl groups is 1. The van der Waals surface area contributed by atoms with E-state index in [1.807, 2.05) is 51.0 Å². The summed E-state index contributed by atoms with van der Waals surface area (Å²) in [5.74, 6) is -0.308. The number of hydrogen-bond acceptors (Lipinski definition) is 5. The van der Waals surface area contributed by atoms with Crippen molar-refractivity contribution in [2.75, 3.05) is 27.2 Å². The van der Waals surface area contributed by atoms with E-state index < -0.39 is 17.7 Å². The number of hydrogen-bond donors (Lipinski definition) is 1. The Balaban J connectivity index is 2.17. The zero-order valence-corrected chi connectivity index (χ0v) is 16.9. The highest BCUT2D eigenvalue weighted by molar-refractivity contribution is 6.46. The molecule has 6 heteroatoms. The standard InChI is InChI=1S/C22H26N2O4/c1-13-6-7-14(2)16(12-13)20(25)18-19(17-9-8-15(3)28-17)24(11-10-23(4)5)22(27)21(18)26/h6-9,12,19,25H,10-11H2,1-5H3/t19-/m0/s1. The van der Waals surface area contributed by atoms with Crippen LogP contribution in [-0.2, 0) is 9.59 Å². The van der Waals surface area contributed by atoms with Crippen LogP contribution in [0.5, 0.6) is 0 Å². The van der Waals surface area contributed by atoms with E-state index in [1.165, 1.54) is 4.90 Å². The Morgan fingerprint density at radius 1 is 1.14 bits per heavy atom. The fourth-order valence-corrected chi connectivity index (χ4v) is 3.45. The van der Waals surface area contributed by atoms with Crippen molar-refractivity contribution >= 4 is 17.4 Å². The van der Waals surface area contributed by atoms with Crippen LogP contribution in [0.3, 0.4) is 0 Å². The second-order valence-electron chi connectivity index (χ2n) is 7.56. The van der Waals surface area contributed by atoms with Gasteiger partial charge >= 0.3 is 0 Å². The molecule has 0 spiro atoms. The van der Waals surface area contributed by atoms with Crippen molar-refractivity contribution in [3.05, 3.63) is 64.1 Å². The highest BCUT2D eigenvalue weighted by atomic mass is 16.3. The molecule has 1 aromatic heterocycles. The molecule has 0 saturated carbocycles. The van der Waals surface area contributed by atoms with Gasteiger partial charge in [-0.15, -0.1) is 0 Å². The number of furan rings is 1. The lowest BCUT2D eigenvalue weighted by Crippen LogP contribution is -2.35. The summed E-state index contributed by atoms with van der Waals surface area (Å²) in [5.41, 5.74) is 2.42. The van der Waals surface area contributed by atoms with Crippen LogP contribution < -0.4 is 0 Å². The minimum Gasteiger partial charge on any atom is -0.507 e. The van der Waals surface area contributed by atoms with Crippen LogP contribution in [0.1, 0.15) is 34.3 Å². The topological polar surface area (TPSA) is 74.0 Å². The molecule has 1 N–H and O–H groups in total. The Labute approximate surface area is 165 Å². The van der Waals surface area contributed by atoms with Gasteiger partial charge in [-0.25, -0.2) is 0 Å².